The minimum absolute atomic E-state index is 0.0604. The molecular formula is C25H20F4N4O2. The number of H-pyrrole nitrogens is 1. The lowest BCUT2D eigenvalue weighted by Crippen LogP contribution is -2.19. The molecule has 6 nitrogen and oxygen atoms in total. The van der Waals surface area contributed by atoms with Gasteiger partial charge in [-0.3, -0.25) is 4.79 Å². The highest BCUT2D eigenvalue weighted by atomic mass is 19.4. The predicted molar refractivity (Wildman–Crippen MR) is 123 cm³/mol. The van der Waals surface area contributed by atoms with Gasteiger partial charge in [-0.1, -0.05) is 12.1 Å². The van der Waals surface area contributed by atoms with E-state index < -0.39 is 23.5 Å². The molecule has 1 aliphatic rings. The highest BCUT2D eigenvalue weighted by molar-refractivity contribution is 6.11. The summed E-state index contributed by atoms with van der Waals surface area (Å²) in [7, 11) is 0. The van der Waals surface area contributed by atoms with Crippen LogP contribution in [0.4, 0.5) is 23.2 Å². The Bertz CT molecular complexity index is 1390. The van der Waals surface area contributed by atoms with Crippen molar-refractivity contribution in [3.8, 4) is 17.1 Å². The van der Waals surface area contributed by atoms with E-state index in [2.05, 4.69) is 20.6 Å². The Morgan fingerprint density at radius 3 is 2.69 bits per heavy atom. The van der Waals surface area contributed by atoms with Crippen LogP contribution in [0.1, 0.15) is 22.3 Å². The van der Waals surface area contributed by atoms with Crippen molar-refractivity contribution in [1.29, 1.82) is 0 Å². The van der Waals surface area contributed by atoms with E-state index >= 15 is 0 Å². The Morgan fingerprint density at radius 1 is 1.09 bits per heavy atom. The van der Waals surface area contributed by atoms with Crippen molar-refractivity contribution >= 4 is 22.6 Å². The normalized spacial score (nSPS) is 15.9. The van der Waals surface area contributed by atoms with Crippen LogP contribution in [0.25, 0.3) is 22.4 Å². The number of fused-ring (bicyclic) bond motifs is 1. The number of amides is 1. The van der Waals surface area contributed by atoms with E-state index in [1.807, 2.05) is 0 Å². The van der Waals surface area contributed by atoms with Crippen LogP contribution in [0.15, 0.2) is 60.7 Å². The van der Waals surface area contributed by atoms with Crippen LogP contribution < -0.4 is 15.4 Å². The predicted octanol–water partition coefficient (Wildman–Crippen LogP) is 5.38. The Kier molecular flexibility index (Phi) is 5.89. The van der Waals surface area contributed by atoms with Crippen molar-refractivity contribution in [2.75, 3.05) is 18.4 Å². The second-order valence-electron chi connectivity index (χ2n) is 8.19. The lowest BCUT2D eigenvalue weighted by Gasteiger charge is -2.13. The molecule has 1 amide bonds. The molecule has 2 heterocycles. The summed E-state index contributed by atoms with van der Waals surface area (Å²) in [4.78, 5) is 20.1. The zero-order valence-electron chi connectivity index (χ0n) is 18.2. The maximum atomic E-state index is 13.5. The van der Waals surface area contributed by atoms with Crippen LogP contribution in [0, 0.1) is 5.82 Å². The molecule has 4 aromatic rings. The molecule has 3 N–H and O–H groups in total. The van der Waals surface area contributed by atoms with Gasteiger partial charge in [0.2, 0.25) is 0 Å². The highest BCUT2D eigenvalue weighted by Crippen LogP contribution is 2.37. The lowest BCUT2D eigenvalue weighted by atomic mass is 10.1. The lowest BCUT2D eigenvalue weighted by molar-refractivity contribution is -0.137. The first-order chi connectivity index (χ1) is 16.8. The summed E-state index contributed by atoms with van der Waals surface area (Å²) in [6.07, 6.45) is -3.83. The number of anilines is 1. The van der Waals surface area contributed by atoms with Crippen molar-refractivity contribution in [1.82, 2.24) is 15.3 Å². The van der Waals surface area contributed by atoms with Crippen molar-refractivity contribution < 1.29 is 27.1 Å². The Balaban J connectivity index is 1.44. The zero-order chi connectivity index (χ0) is 24.6. The number of hydrogen-bond donors (Lipinski definition) is 3. The number of aromatic nitrogens is 2. The van der Waals surface area contributed by atoms with E-state index in [-0.39, 0.29) is 28.6 Å². The molecule has 1 aromatic heterocycles. The molecule has 35 heavy (non-hydrogen) atoms. The van der Waals surface area contributed by atoms with Crippen LogP contribution in [0.2, 0.25) is 0 Å². The fraction of sp³-hybridized carbons (Fsp3) is 0.200. The van der Waals surface area contributed by atoms with E-state index in [0.717, 1.165) is 31.6 Å². The maximum absolute atomic E-state index is 13.5. The number of nitrogens with one attached hydrogen (secondary N) is 3. The van der Waals surface area contributed by atoms with Gasteiger partial charge in [0.05, 0.1) is 16.6 Å². The number of carbonyl (C=O) groups excluding carboxylic acids is 1. The summed E-state index contributed by atoms with van der Waals surface area (Å²) in [6.45, 7) is 1.64. The standard InChI is InChI=1S/C25H20F4N4O2/c26-14-7-8-18(20(11-14)25(27,28)29)23-32-21-6-2-5-19(22(21)33-23)24(34)31-15-3-1-4-16(12-15)35-17-9-10-30-13-17/h1-8,11-12,17,30H,9-10,13H2,(H,31,34)(H,32,33). The number of benzene rings is 3. The Morgan fingerprint density at radius 2 is 1.91 bits per heavy atom. The minimum Gasteiger partial charge on any atom is -0.489 e. The summed E-state index contributed by atoms with van der Waals surface area (Å²) in [5, 5.41) is 6.01. The third kappa shape index (κ3) is 4.83. The van der Waals surface area contributed by atoms with Crippen LogP contribution >= 0.6 is 0 Å². The molecule has 180 valence electrons. The SMILES string of the molecule is O=C(Nc1cccc(OC2CCNC2)c1)c1cccc2[nH]c(-c3ccc(F)cc3C(F)(F)F)nc12. The van der Waals surface area contributed by atoms with Crippen molar-refractivity contribution in [3.63, 3.8) is 0 Å². The van der Waals surface area contributed by atoms with Crippen LogP contribution in [-0.2, 0) is 6.18 Å². The fourth-order valence-corrected chi connectivity index (χ4v) is 4.07. The number of halogens is 4. The molecule has 0 saturated carbocycles. The van der Waals surface area contributed by atoms with Crippen molar-refractivity contribution in [2.24, 2.45) is 0 Å². The Labute approximate surface area is 197 Å². The molecule has 1 fully saturated rings. The number of para-hydroxylation sites is 1. The van der Waals surface area contributed by atoms with Gasteiger partial charge in [0, 0.05) is 23.9 Å². The summed E-state index contributed by atoms with van der Waals surface area (Å²) in [6, 6.07) is 14.1. The average molecular weight is 484 g/mol. The van der Waals surface area contributed by atoms with Crippen molar-refractivity contribution in [3.05, 3.63) is 77.6 Å². The van der Waals surface area contributed by atoms with E-state index in [0.29, 0.717) is 23.0 Å². The molecule has 0 bridgehead atoms. The number of hydrogen-bond acceptors (Lipinski definition) is 4. The molecule has 0 spiro atoms. The molecule has 1 unspecified atom stereocenters. The zero-order valence-corrected chi connectivity index (χ0v) is 18.2. The first kappa shape index (κ1) is 22.9. The van der Waals surface area contributed by atoms with Crippen molar-refractivity contribution in [2.45, 2.75) is 18.7 Å². The third-order valence-corrected chi connectivity index (χ3v) is 5.71. The number of rotatable bonds is 5. The topological polar surface area (TPSA) is 79.0 Å². The fourth-order valence-electron chi connectivity index (χ4n) is 4.07. The van der Waals surface area contributed by atoms with Crippen LogP contribution in [0.3, 0.4) is 0 Å². The van der Waals surface area contributed by atoms with Gasteiger partial charge in [0.15, 0.2) is 0 Å². The quantitative estimate of drug-likeness (QED) is 0.333. The van der Waals surface area contributed by atoms with Gasteiger partial charge in [0.25, 0.3) is 5.91 Å². The smallest absolute Gasteiger partial charge is 0.417 e. The number of nitrogens with zero attached hydrogens (tertiary/aromatic N) is 1. The molecule has 1 saturated heterocycles. The number of ether oxygens (including phenoxy) is 1. The molecule has 0 aliphatic carbocycles. The summed E-state index contributed by atoms with van der Waals surface area (Å²) >= 11 is 0. The van der Waals surface area contributed by atoms with Gasteiger partial charge in [0.1, 0.15) is 29.0 Å². The summed E-state index contributed by atoms with van der Waals surface area (Å²) < 4.78 is 59.9. The molecule has 0 radical (unpaired) electrons. The van der Waals surface area contributed by atoms with Gasteiger partial charge < -0.3 is 20.4 Å². The largest absolute Gasteiger partial charge is 0.489 e. The molecule has 10 heteroatoms. The first-order valence-corrected chi connectivity index (χ1v) is 10.9. The number of alkyl halides is 3. The molecule has 1 atom stereocenters. The van der Waals surface area contributed by atoms with E-state index in [4.69, 9.17) is 4.74 Å². The average Bonchev–Trinajstić information content (AvgIpc) is 3.48. The van der Waals surface area contributed by atoms with Gasteiger partial charge in [-0.15, -0.1) is 0 Å². The minimum atomic E-state index is -4.78. The van der Waals surface area contributed by atoms with Gasteiger partial charge in [-0.25, -0.2) is 9.37 Å². The second-order valence-corrected chi connectivity index (χ2v) is 8.19. The van der Waals surface area contributed by atoms with Crippen LogP contribution in [-0.4, -0.2) is 35.1 Å². The number of carbonyl (C=O) groups is 1. The highest BCUT2D eigenvalue weighted by Gasteiger charge is 2.35. The second kappa shape index (κ2) is 9.03. The van der Waals surface area contributed by atoms with Crippen LogP contribution in [0.5, 0.6) is 5.75 Å². The number of aromatic amines is 1. The Hall–Kier alpha value is -3.92. The number of imidazole rings is 1. The van der Waals surface area contributed by atoms with Gasteiger partial charge >= 0.3 is 6.18 Å². The molecule has 1 aliphatic heterocycles. The van der Waals surface area contributed by atoms with Gasteiger partial charge in [-0.05, 0) is 55.4 Å². The third-order valence-electron chi connectivity index (χ3n) is 5.71. The van der Waals surface area contributed by atoms with Gasteiger partial charge in [-0.2, -0.15) is 13.2 Å². The van der Waals surface area contributed by atoms with E-state index in [1.54, 1.807) is 36.4 Å². The first-order valence-electron chi connectivity index (χ1n) is 10.9. The van der Waals surface area contributed by atoms with E-state index in [9.17, 15) is 22.4 Å². The molecular weight excluding hydrogens is 464 g/mol. The monoisotopic (exact) mass is 484 g/mol. The maximum Gasteiger partial charge on any atom is 0.417 e. The summed E-state index contributed by atoms with van der Waals surface area (Å²) in [5.74, 6) is -0.989. The van der Waals surface area contributed by atoms with E-state index in [1.165, 1.54) is 6.07 Å². The molecule has 3 aromatic carbocycles. The summed E-state index contributed by atoms with van der Waals surface area (Å²) in [5.41, 5.74) is -0.224. The molecule has 5 rings (SSSR count).